The van der Waals surface area contributed by atoms with Gasteiger partial charge in [-0.15, -0.1) is 10.2 Å². The maximum Gasteiger partial charge on any atom is 0.417 e. The van der Waals surface area contributed by atoms with Crippen LogP contribution in [-0.4, -0.2) is 26.5 Å². The number of hydrogen-bond acceptors (Lipinski definition) is 5. The monoisotopic (exact) mass is 441 g/mol. The highest BCUT2D eigenvalue weighted by Crippen LogP contribution is 2.36. The molecule has 0 saturated carbocycles. The quantitative estimate of drug-likeness (QED) is 0.453. The molecular weight excluding hydrogens is 427 g/mol. The van der Waals surface area contributed by atoms with Crippen molar-refractivity contribution in [2.75, 3.05) is 16.9 Å². The molecule has 1 heterocycles. The van der Waals surface area contributed by atoms with Crippen LogP contribution in [0.15, 0.2) is 47.6 Å². The Balaban J connectivity index is 1.66. The molecule has 0 aliphatic carbocycles. The molecule has 152 valence electrons. The number of hydrogen-bond donors (Lipinski definition) is 2. The molecule has 3 rings (SSSR count). The number of alkyl halides is 3. The molecular formula is C18H15ClF3N5OS. The second kappa shape index (κ2) is 8.34. The Hall–Kier alpha value is -2.72. The molecule has 3 N–H and O–H groups in total. The highest BCUT2D eigenvalue weighted by molar-refractivity contribution is 7.99. The van der Waals surface area contributed by atoms with Gasteiger partial charge < -0.3 is 11.2 Å². The number of aryl methyl sites for hydroxylation is 1. The Morgan fingerprint density at radius 1 is 1.24 bits per heavy atom. The summed E-state index contributed by atoms with van der Waals surface area (Å²) < 4.78 is 40.0. The lowest BCUT2D eigenvalue weighted by Gasteiger charge is -2.11. The molecule has 0 unspecified atom stereocenters. The van der Waals surface area contributed by atoms with Crippen molar-refractivity contribution in [1.82, 2.24) is 14.9 Å². The number of carbonyl (C=O) groups excluding carboxylic acids is 1. The van der Waals surface area contributed by atoms with E-state index in [0.29, 0.717) is 11.0 Å². The van der Waals surface area contributed by atoms with Gasteiger partial charge in [0.1, 0.15) is 0 Å². The van der Waals surface area contributed by atoms with Crippen molar-refractivity contribution in [1.29, 1.82) is 0 Å². The maximum absolute atomic E-state index is 12.9. The van der Waals surface area contributed by atoms with Crippen LogP contribution >= 0.6 is 23.4 Å². The molecule has 29 heavy (non-hydrogen) atoms. The smallest absolute Gasteiger partial charge is 0.335 e. The van der Waals surface area contributed by atoms with Gasteiger partial charge in [0.2, 0.25) is 11.1 Å². The van der Waals surface area contributed by atoms with E-state index in [4.69, 9.17) is 17.4 Å². The molecule has 1 amide bonds. The van der Waals surface area contributed by atoms with Gasteiger partial charge in [-0.05, 0) is 31.2 Å². The summed E-state index contributed by atoms with van der Waals surface area (Å²) in [7, 11) is 0. The van der Waals surface area contributed by atoms with Gasteiger partial charge in [-0.25, -0.2) is 4.68 Å². The summed E-state index contributed by atoms with van der Waals surface area (Å²) in [5, 5.41) is 10.3. The third kappa shape index (κ3) is 5.01. The van der Waals surface area contributed by atoms with Crippen molar-refractivity contribution in [3.63, 3.8) is 0 Å². The van der Waals surface area contributed by atoms with Gasteiger partial charge in [-0.2, -0.15) is 13.2 Å². The number of anilines is 1. The Morgan fingerprint density at radius 2 is 2.00 bits per heavy atom. The average molecular weight is 442 g/mol. The van der Waals surface area contributed by atoms with E-state index in [1.807, 2.05) is 31.2 Å². The molecule has 0 aliphatic heterocycles. The number of amides is 1. The summed E-state index contributed by atoms with van der Waals surface area (Å²) in [6.45, 7) is 1.93. The SMILES string of the molecule is Cc1cccc(-c2nnc(SCC(=O)Nc3ccc(Cl)c(C(F)(F)F)c3)n2N)c1. The average Bonchev–Trinajstić information content (AvgIpc) is 3.01. The van der Waals surface area contributed by atoms with Crippen LogP contribution in [0.2, 0.25) is 5.02 Å². The molecule has 0 aliphatic rings. The van der Waals surface area contributed by atoms with Crippen LogP contribution in [0.25, 0.3) is 11.4 Å². The minimum absolute atomic E-state index is 0.0120. The Morgan fingerprint density at radius 3 is 2.69 bits per heavy atom. The zero-order chi connectivity index (χ0) is 21.2. The minimum atomic E-state index is -4.62. The van der Waals surface area contributed by atoms with Crippen LogP contribution in [0.4, 0.5) is 18.9 Å². The molecule has 0 spiro atoms. The number of rotatable bonds is 5. The van der Waals surface area contributed by atoms with Gasteiger partial charge in [0.25, 0.3) is 0 Å². The van der Waals surface area contributed by atoms with E-state index in [1.54, 1.807) is 0 Å². The number of carbonyl (C=O) groups is 1. The van der Waals surface area contributed by atoms with Crippen LogP contribution in [-0.2, 0) is 11.0 Å². The molecule has 0 radical (unpaired) electrons. The first-order valence-electron chi connectivity index (χ1n) is 8.22. The van der Waals surface area contributed by atoms with Crippen molar-refractivity contribution in [3.05, 3.63) is 58.6 Å². The second-order valence-corrected chi connectivity index (χ2v) is 7.42. The molecule has 1 aromatic heterocycles. The van der Waals surface area contributed by atoms with E-state index in [-0.39, 0.29) is 11.4 Å². The van der Waals surface area contributed by atoms with E-state index in [9.17, 15) is 18.0 Å². The fourth-order valence-electron chi connectivity index (χ4n) is 2.50. The number of aromatic nitrogens is 3. The molecule has 2 aromatic carbocycles. The predicted molar refractivity (Wildman–Crippen MR) is 106 cm³/mol. The zero-order valence-corrected chi connectivity index (χ0v) is 16.6. The summed E-state index contributed by atoms with van der Waals surface area (Å²) >= 11 is 6.58. The first-order valence-corrected chi connectivity index (χ1v) is 9.58. The molecule has 6 nitrogen and oxygen atoms in total. The molecule has 11 heteroatoms. The van der Waals surface area contributed by atoms with Crippen molar-refractivity contribution >= 4 is 35.0 Å². The number of halogens is 4. The zero-order valence-electron chi connectivity index (χ0n) is 15.0. The first kappa shape index (κ1) is 21.0. The second-order valence-electron chi connectivity index (χ2n) is 6.07. The van der Waals surface area contributed by atoms with E-state index in [0.717, 1.165) is 35.0 Å². The lowest BCUT2D eigenvalue weighted by molar-refractivity contribution is -0.137. The normalized spacial score (nSPS) is 11.5. The highest BCUT2D eigenvalue weighted by atomic mass is 35.5. The molecule has 0 atom stereocenters. The summed E-state index contributed by atoms with van der Waals surface area (Å²) in [5.41, 5.74) is 0.772. The summed E-state index contributed by atoms with van der Waals surface area (Å²) in [6.07, 6.45) is -4.62. The van der Waals surface area contributed by atoms with Gasteiger partial charge in [0, 0.05) is 11.3 Å². The standard InChI is InChI=1S/C18H15ClF3N5OS/c1-10-3-2-4-11(7-10)16-25-26-17(27(16)23)29-9-15(28)24-12-5-6-14(19)13(8-12)18(20,21)22/h2-8H,9,23H2,1H3,(H,24,28). The number of thioether (sulfide) groups is 1. The third-order valence-electron chi connectivity index (χ3n) is 3.83. The Labute approximate surface area is 173 Å². The Bertz CT molecular complexity index is 1050. The molecule has 3 aromatic rings. The molecule has 0 saturated heterocycles. The maximum atomic E-state index is 12.9. The van der Waals surface area contributed by atoms with Gasteiger partial charge in [0.05, 0.1) is 16.3 Å². The van der Waals surface area contributed by atoms with Gasteiger partial charge in [-0.1, -0.05) is 47.1 Å². The Kier molecular flexibility index (Phi) is 6.04. The number of nitrogens with one attached hydrogen (secondary N) is 1. The van der Waals surface area contributed by atoms with Crippen molar-refractivity contribution < 1.29 is 18.0 Å². The molecule has 0 bridgehead atoms. The summed E-state index contributed by atoms with van der Waals surface area (Å²) in [6, 6.07) is 10.7. The fourth-order valence-corrected chi connectivity index (χ4v) is 3.39. The summed E-state index contributed by atoms with van der Waals surface area (Å²) in [4.78, 5) is 12.1. The van der Waals surface area contributed by atoms with Crippen LogP contribution in [0.1, 0.15) is 11.1 Å². The largest absolute Gasteiger partial charge is 0.417 e. The lowest BCUT2D eigenvalue weighted by Crippen LogP contribution is -2.17. The van der Waals surface area contributed by atoms with Gasteiger partial charge in [-0.3, -0.25) is 4.79 Å². The van der Waals surface area contributed by atoms with Gasteiger partial charge in [0.15, 0.2) is 5.82 Å². The molecule has 0 fully saturated rings. The van der Waals surface area contributed by atoms with Crippen molar-refractivity contribution in [3.8, 4) is 11.4 Å². The first-order chi connectivity index (χ1) is 13.6. The number of nitrogen functional groups attached to an aromatic ring is 1. The fraction of sp³-hybridized carbons (Fsp3) is 0.167. The van der Waals surface area contributed by atoms with E-state index >= 15 is 0 Å². The van der Waals surface area contributed by atoms with Crippen LogP contribution < -0.4 is 11.2 Å². The summed E-state index contributed by atoms with van der Waals surface area (Å²) in [5.74, 6) is 5.80. The minimum Gasteiger partial charge on any atom is -0.335 e. The van der Waals surface area contributed by atoms with Crippen LogP contribution in [0.3, 0.4) is 0 Å². The van der Waals surface area contributed by atoms with Crippen molar-refractivity contribution in [2.45, 2.75) is 18.3 Å². The lowest BCUT2D eigenvalue weighted by atomic mass is 10.1. The topological polar surface area (TPSA) is 85.8 Å². The van der Waals surface area contributed by atoms with Crippen LogP contribution in [0, 0.1) is 6.92 Å². The van der Waals surface area contributed by atoms with E-state index in [2.05, 4.69) is 15.5 Å². The number of nitrogens with two attached hydrogens (primary N) is 1. The number of benzene rings is 2. The number of nitrogens with zero attached hydrogens (tertiary/aromatic N) is 3. The highest BCUT2D eigenvalue weighted by Gasteiger charge is 2.33. The van der Waals surface area contributed by atoms with E-state index in [1.165, 1.54) is 10.7 Å². The van der Waals surface area contributed by atoms with Gasteiger partial charge >= 0.3 is 6.18 Å². The predicted octanol–water partition coefficient (Wildman–Crippen LogP) is 4.37. The van der Waals surface area contributed by atoms with Crippen LogP contribution in [0.5, 0.6) is 0 Å². The third-order valence-corrected chi connectivity index (χ3v) is 5.10. The van der Waals surface area contributed by atoms with E-state index < -0.39 is 22.7 Å². The van der Waals surface area contributed by atoms with Crippen molar-refractivity contribution in [2.24, 2.45) is 0 Å².